The molecule has 1 aliphatic heterocycles. The van der Waals surface area contributed by atoms with Gasteiger partial charge in [-0.1, -0.05) is 10.8 Å². The Morgan fingerprint density at radius 1 is 1.03 bits per heavy atom. The van der Waals surface area contributed by atoms with E-state index in [4.69, 9.17) is 0 Å². The third-order valence-electron chi connectivity index (χ3n) is 4.45. The zero-order valence-corrected chi connectivity index (χ0v) is 15.8. The maximum absolute atomic E-state index is 13.0. The molecule has 0 aliphatic carbocycles. The Balaban J connectivity index is 2.02. The zero-order chi connectivity index (χ0) is 21.2. The number of benzene rings is 1. The number of thiophene rings is 1. The van der Waals surface area contributed by atoms with Gasteiger partial charge in [0.15, 0.2) is 12.3 Å². The van der Waals surface area contributed by atoms with Gasteiger partial charge in [-0.3, -0.25) is 0 Å². The molecule has 1 aliphatic rings. The van der Waals surface area contributed by atoms with Crippen molar-refractivity contribution in [3.05, 3.63) is 57.3 Å². The highest BCUT2D eigenvalue weighted by atomic mass is 32.1. The zero-order valence-electron chi connectivity index (χ0n) is 15.0. The van der Waals surface area contributed by atoms with Gasteiger partial charge in [0, 0.05) is 17.7 Å². The van der Waals surface area contributed by atoms with Crippen LogP contribution in [-0.4, -0.2) is 22.8 Å². The summed E-state index contributed by atoms with van der Waals surface area (Å²) in [5, 5.41) is 18.2. The molecule has 1 aromatic carbocycles. The second-order valence-corrected chi connectivity index (χ2v) is 7.63. The summed E-state index contributed by atoms with van der Waals surface area (Å²) < 4.78 is 79.5. The monoisotopic (exact) mass is 434 g/mol. The number of hydrazone groups is 1. The lowest BCUT2D eigenvalue weighted by molar-refractivity contribution is -0.543. The molecule has 0 spiro atoms. The third-order valence-corrected chi connectivity index (χ3v) is 5.33. The minimum absolute atomic E-state index is 0.00792. The van der Waals surface area contributed by atoms with Gasteiger partial charge < -0.3 is 5.11 Å². The van der Waals surface area contributed by atoms with Crippen LogP contribution >= 0.6 is 11.3 Å². The van der Waals surface area contributed by atoms with Crippen molar-refractivity contribution < 1.29 is 36.1 Å². The van der Waals surface area contributed by atoms with E-state index in [-0.39, 0.29) is 6.07 Å². The van der Waals surface area contributed by atoms with Crippen LogP contribution < -0.4 is 5.11 Å². The summed E-state index contributed by atoms with van der Waals surface area (Å²) in [7, 11) is 0. The fourth-order valence-electron chi connectivity index (χ4n) is 3.04. The third kappa shape index (κ3) is 5.37. The van der Waals surface area contributed by atoms with Crippen LogP contribution in [0.2, 0.25) is 0 Å². The highest BCUT2D eigenvalue weighted by molar-refractivity contribution is 7.10. The van der Waals surface area contributed by atoms with Crippen LogP contribution in [0.1, 0.15) is 40.8 Å². The van der Waals surface area contributed by atoms with Gasteiger partial charge in [-0.15, -0.1) is 11.3 Å². The van der Waals surface area contributed by atoms with Crippen LogP contribution in [0.3, 0.4) is 0 Å². The predicted molar refractivity (Wildman–Crippen MR) is 95.0 cm³/mol. The van der Waals surface area contributed by atoms with Crippen LogP contribution in [0.4, 0.5) is 26.3 Å². The molecule has 0 unspecified atom stereocenters. The van der Waals surface area contributed by atoms with Crippen LogP contribution in [-0.2, 0) is 18.8 Å². The van der Waals surface area contributed by atoms with E-state index in [1.807, 2.05) is 17.5 Å². The Labute approximate surface area is 166 Å². The molecule has 156 valence electrons. The second-order valence-electron chi connectivity index (χ2n) is 6.60. The van der Waals surface area contributed by atoms with Gasteiger partial charge in [-0.05, 0) is 46.7 Å². The van der Waals surface area contributed by atoms with Gasteiger partial charge in [0.1, 0.15) is 0 Å². The van der Waals surface area contributed by atoms with Gasteiger partial charge >= 0.3 is 12.4 Å². The highest BCUT2D eigenvalue weighted by Gasteiger charge is 2.37. The number of alkyl halides is 6. The first-order valence-electron chi connectivity index (χ1n) is 8.74. The van der Waals surface area contributed by atoms with Crippen LogP contribution in [0.5, 0.6) is 0 Å². The minimum Gasteiger partial charge on any atom is -0.854 e. The summed E-state index contributed by atoms with van der Waals surface area (Å²) in [6.45, 7) is 0.386. The Morgan fingerprint density at radius 3 is 2.24 bits per heavy atom. The summed E-state index contributed by atoms with van der Waals surface area (Å²) in [5.74, 6) is -1.13. The van der Waals surface area contributed by atoms with Crippen LogP contribution in [0.25, 0.3) is 0 Å². The quantitative estimate of drug-likeness (QED) is 0.298. The first-order chi connectivity index (χ1) is 13.5. The normalized spacial score (nSPS) is 16.4. The first-order valence-corrected chi connectivity index (χ1v) is 9.62. The lowest BCUT2D eigenvalue weighted by Crippen LogP contribution is -2.29. The van der Waals surface area contributed by atoms with Crippen molar-refractivity contribution in [3.63, 3.8) is 0 Å². The minimum atomic E-state index is -5.02. The van der Waals surface area contributed by atoms with E-state index in [0.29, 0.717) is 31.5 Å². The smallest absolute Gasteiger partial charge is 0.416 e. The topological polar surface area (TPSA) is 38.4 Å². The summed E-state index contributed by atoms with van der Waals surface area (Å²) in [5.41, 5.74) is -3.00. The van der Waals surface area contributed by atoms with E-state index in [1.165, 1.54) is 16.0 Å². The fraction of sp³-hybridized carbons (Fsp3) is 0.368. The van der Waals surface area contributed by atoms with Crippen molar-refractivity contribution in [2.24, 2.45) is 5.10 Å². The number of nitrogens with zero attached hydrogens (tertiary/aromatic N) is 2. The van der Waals surface area contributed by atoms with Crippen molar-refractivity contribution in [3.8, 4) is 0 Å². The molecule has 3 rings (SSSR count). The van der Waals surface area contributed by atoms with Crippen molar-refractivity contribution in [2.45, 2.75) is 38.0 Å². The van der Waals surface area contributed by atoms with Crippen molar-refractivity contribution in [1.29, 1.82) is 0 Å². The SMILES string of the molecule is [O-]/C(=N\[N+]1=C(Cc2cccs2)CCCC1)c1cc(C(F)(F)F)cc(C(F)(F)F)c1. The van der Waals surface area contributed by atoms with Crippen molar-refractivity contribution in [1.82, 2.24) is 0 Å². The van der Waals surface area contributed by atoms with E-state index in [2.05, 4.69) is 5.10 Å². The van der Waals surface area contributed by atoms with Gasteiger partial charge in [0.25, 0.3) is 0 Å². The molecule has 2 aromatic rings. The Bertz CT molecular complexity index is 897. The van der Waals surface area contributed by atoms with Crippen LogP contribution in [0.15, 0.2) is 40.8 Å². The number of hydrogen-bond donors (Lipinski definition) is 0. The summed E-state index contributed by atoms with van der Waals surface area (Å²) >= 11 is 1.52. The molecule has 2 heterocycles. The molecule has 0 atom stereocenters. The molecule has 0 radical (unpaired) electrons. The molecular formula is C19H16F6N2OS. The van der Waals surface area contributed by atoms with E-state index in [0.717, 1.165) is 23.4 Å². The molecule has 3 nitrogen and oxygen atoms in total. The summed E-state index contributed by atoms with van der Waals surface area (Å²) in [4.78, 5) is 1.04. The molecule has 29 heavy (non-hydrogen) atoms. The molecule has 0 bridgehead atoms. The number of rotatable bonds is 4. The Hall–Kier alpha value is -2.36. The second kappa shape index (κ2) is 8.17. The largest absolute Gasteiger partial charge is 0.854 e. The lowest BCUT2D eigenvalue weighted by atomic mass is 10.0. The molecule has 0 amide bonds. The van der Waals surface area contributed by atoms with Gasteiger partial charge in [0.05, 0.1) is 23.4 Å². The average Bonchev–Trinajstić information content (AvgIpc) is 3.14. The molecule has 0 N–H and O–H groups in total. The molecule has 0 saturated carbocycles. The van der Waals surface area contributed by atoms with Gasteiger partial charge in [-0.25, -0.2) is 0 Å². The Kier molecular flexibility index (Phi) is 6.02. The first kappa shape index (κ1) is 21.4. The van der Waals surface area contributed by atoms with Crippen molar-refractivity contribution in [2.75, 3.05) is 6.54 Å². The number of halogens is 6. The Morgan fingerprint density at radius 2 is 1.69 bits per heavy atom. The average molecular weight is 434 g/mol. The van der Waals surface area contributed by atoms with E-state index < -0.39 is 34.9 Å². The van der Waals surface area contributed by atoms with Gasteiger partial charge in [-0.2, -0.15) is 26.3 Å². The fourth-order valence-corrected chi connectivity index (χ4v) is 3.78. The molecule has 0 fully saturated rings. The highest BCUT2D eigenvalue weighted by Crippen LogP contribution is 2.36. The van der Waals surface area contributed by atoms with E-state index >= 15 is 0 Å². The summed E-state index contributed by atoms with van der Waals surface area (Å²) in [6.07, 6.45) is -7.24. The van der Waals surface area contributed by atoms with Crippen molar-refractivity contribution >= 4 is 22.9 Å². The number of hydrogen-bond acceptors (Lipinski definition) is 3. The van der Waals surface area contributed by atoms with E-state index in [1.54, 1.807) is 0 Å². The van der Waals surface area contributed by atoms with E-state index in [9.17, 15) is 31.4 Å². The standard InChI is InChI=1S/C19H16F6N2OS/c20-18(21,22)13-8-12(9-14(10-13)19(23,24)25)17(28)26-27-6-2-1-4-15(27)11-16-5-3-7-29-16/h3,5,7-10H,1-2,4,6,11H2. The molecular weight excluding hydrogens is 418 g/mol. The lowest BCUT2D eigenvalue weighted by Gasteiger charge is -2.17. The molecule has 0 saturated heterocycles. The summed E-state index contributed by atoms with van der Waals surface area (Å²) in [6, 6.07) is 4.59. The molecule has 10 heteroatoms. The van der Waals surface area contributed by atoms with Crippen LogP contribution in [0, 0.1) is 0 Å². The van der Waals surface area contributed by atoms with Gasteiger partial charge in [0.2, 0.25) is 0 Å². The molecule has 1 aromatic heterocycles. The maximum Gasteiger partial charge on any atom is 0.416 e. The predicted octanol–water partition coefficient (Wildman–Crippen LogP) is 4.69. The maximum atomic E-state index is 13.0.